The summed E-state index contributed by atoms with van der Waals surface area (Å²) >= 11 is 0. The fraction of sp³-hybridized carbons (Fsp3) is 0.414. The van der Waals surface area contributed by atoms with Gasteiger partial charge >= 0.3 is 18.3 Å². The van der Waals surface area contributed by atoms with Crippen LogP contribution in [-0.4, -0.2) is 87.4 Å². The summed E-state index contributed by atoms with van der Waals surface area (Å²) in [6.45, 7) is 4.63. The lowest BCUT2D eigenvalue weighted by Crippen LogP contribution is -2.61. The van der Waals surface area contributed by atoms with Gasteiger partial charge in [-0.3, -0.25) is 35.7 Å². The molecule has 1 atom stereocenters. The molecule has 0 radical (unpaired) electrons. The minimum Gasteiger partial charge on any atom is -0.444 e. The third kappa shape index (κ3) is 12.5. The Morgan fingerprint density at radius 3 is 1.77 bits per heavy atom. The number of nitro groups is 2. The molecule has 258 valence electrons. The molecule has 2 aromatic carbocycles. The van der Waals surface area contributed by atoms with Crippen molar-refractivity contribution in [3.63, 3.8) is 0 Å². The lowest BCUT2D eigenvalue weighted by molar-refractivity contribution is -0.385. The highest BCUT2D eigenvalue weighted by molar-refractivity contribution is 6.01. The minimum atomic E-state index is -1.35. The topological polar surface area (TPSA) is 254 Å². The molecule has 2 aromatic rings. The molecular formula is C29H35N7O12. The number of aliphatic hydroxyl groups excluding tert-OH is 1. The second kappa shape index (κ2) is 16.6. The number of guanidine groups is 1. The van der Waals surface area contributed by atoms with Crippen LogP contribution in [-0.2, 0) is 32.2 Å². The van der Waals surface area contributed by atoms with Crippen molar-refractivity contribution < 1.29 is 48.3 Å². The Kier molecular flexibility index (Phi) is 12.7. The first kappa shape index (κ1) is 36.6. The number of carbonyl (C=O) groups is 4. The molecule has 48 heavy (non-hydrogen) atoms. The number of likely N-dealkylation sites (tertiary alicyclic amines) is 1. The van der Waals surface area contributed by atoms with Gasteiger partial charge in [0.1, 0.15) is 18.8 Å². The number of amides is 4. The van der Waals surface area contributed by atoms with Crippen LogP contribution in [0, 0.1) is 20.2 Å². The van der Waals surface area contributed by atoms with Crippen molar-refractivity contribution in [2.75, 3.05) is 19.6 Å². The van der Waals surface area contributed by atoms with Gasteiger partial charge in [0.25, 0.3) is 11.4 Å². The van der Waals surface area contributed by atoms with Crippen LogP contribution in [0.5, 0.6) is 0 Å². The molecule has 0 bridgehead atoms. The monoisotopic (exact) mass is 673 g/mol. The van der Waals surface area contributed by atoms with E-state index in [1.165, 1.54) is 53.4 Å². The predicted octanol–water partition coefficient (Wildman–Crippen LogP) is 2.50. The summed E-state index contributed by atoms with van der Waals surface area (Å²) in [5, 5.41) is 39.1. The SMILES string of the molecule is CC(C)(C)OC(=O)N1CC(NC(=O)CC(O)CN=C(NC(=O)OCc2ccc([N+](=O)[O-])cc2)NC(=O)OCc2ccc([N+](=O)[O-])cc2)C1. The van der Waals surface area contributed by atoms with Crippen LogP contribution in [0.2, 0.25) is 0 Å². The summed E-state index contributed by atoms with van der Waals surface area (Å²) in [6, 6.07) is 10.1. The van der Waals surface area contributed by atoms with Crippen molar-refractivity contribution >= 4 is 41.5 Å². The molecule has 1 aliphatic rings. The maximum atomic E-state index is 12.5. The lowest BCUT2D eigenvalue weighted by atomic mass is 10.1. The van der Waals surface area contributed by atoms with E-state index in [4.69, 9.17) is 14.2 Å². The average Bonchev–Trinajstić information content (AvgIpc) is 2.98. The van der Waals surface area contributed by atoms with Gasteiger partial charge in [-0.25, -0.2) is 19.4 Å². The molecule has 1 unspecified atom stereocenters. The number of ether oxygens (including phenoxy) is 3. The van der Waals surface area contributed by atoms with E-state index < -0.39 is 64.7 Å². The molecule has 0 aliphatic carbocycles. The minimum absolute atomic E-state index is 0.156. The van der Waals surface area contributed by atoms with Gasteiger partial charge in [-0.2, -0.15) is 0 Å². The van der Waals surface area contributed by atoms with Gasteiger partial charge in [0.15, 0.2) is 0 Å². The number of non-ortho nitro benzene ring substituents is 2. The number of alkyl carbamates (subject to hydrolysis) is 2. The molecule has 1 aliphatic heterocycles. The van der Waals surface area contributed by atoms with Crippen molar-refractivity contribution in [2.24, 2.45) is 4.99 Å². The third-order valence-electron chi connectivity index (χ3n) is 6.25. The first-order valence-corrected chi connectivity index (χ1v) is 14.4. The molecule has 0 spiro atoms. The van der Waals surface area contributed by atoms with E-state index in [1.54, 1.807) is 20.8 Å². The van der Waals surface area contributed by atoms with Gasteiger partial charge in [0.05, 0.1) is 35.0 Å². The maximum absolute atomic E-state index is 12.5. The van der Waals surface area contributed by atoms with E-state index in [1.807, 2.05) is 0 Å². The van der Waals surface area contributed by atoms with Crippen LogP contribution in [0.1, 0.15) is 38.3 Å². The lowest BCUT2D eigenvalue weighted by Gasteiger charge is -2.40. The Morgan fingerprint density at radius 2 is 1.35 bits per heavy atom. The van der Waals surface area contributed by atoms with Gasteiger partial charge in [0, 0.05) is 37.4 Å². The van der Waals surface area contributed by atoms with E-state index in [0.29, 0.717) is 11.1 Å². The highest BCUT2D eigenvalue weighted by Gasteiger charge is 2.34. The quantitative estimate of drug-likeness (QED) is 0.0882. The molecule has 3 rings (SSSR count). The maximum Gasteiger partial charge on any atom is 0.414 e. The van der Waals surface area contributed by atoms with Crippen LogP contribution >= 0.6 is 0 Å². The summed E-state index contributed by atoms with van der Waals surface area (Å²) in [5.74, 6) is -1.03. The van der Waals surface area contributed by atoms with E-state index in [0.717, 1.165) is 0 Å². The fourth-order valence-corrected chi connectivity index (χ4v) is 3.91. The highest BCUT2D eigenvalue weighted by atomic mass is 16.6. The van der Waals surface area contributed by atoms with Gasteiger partial charge in [-0.1, -0.05) is 0 Å². The summed E-state index contributed by atoms with van der Waals surface area (Å²) in [4.78, 5) is 75.2. The molecule has 4 N–H and O–H groups in total. The molecule has 1 saturated heterocycles. The Morgan fingerprint density at radius 1 is 0.896 bits per heavy atom. The van der Waals surface area contributed by atoms with Crippen molar-refractivity contribution in [3.05, 3.63) is 79.9 Å². The number of rotatable bonds is 11. The van der Waals surface area contributed by atoms with E-state index in [-0.39, 0.29) is 43.7 Å². The smallest absolute Gasteiger partial charge is 0.414 e. The molecule has 1 heterocycles. The fourth-order valence-electron chi connectivity index (χ4n) is 3.91. The molecule has 0 saturated carbocycles. The predicted molar refractivity (Wildman–Crippen MR) is 165 cm³/mol. The van der Waals surface area contributed by atoms with Crippen molar-refractivity contribution in [1.29, 1.82) is 0 Å². The Labute approximate surface area is 273 Å². The highest BCUT2D eigenvalue weighted by Crippen LogP contribution is 2.16. The zero-order valence-corrected chi connectivity index (χ0v) is 26.2. The second-order valence-electron chi connectivity index (χ2n) is 11.4. The molecule has 0 aromatic heterocycles. The van der Waals surface area contributed by atoms with Crippen LogP contribution < -0.4 is 16.0 Å². The Bertz CT molecular complexity index is 1440. The van der Waals surface area contributed by atoms with Crippen LogP contribution in [0.25, 0.3) is 0 Å². The Hall–Kier alpha value is -5.85. The van der Waals surface area contributed by atoms with E-state index in [2.05, 4.69) is 20.9 Å². The van der Waals surface area contributed by atoms with Gasteiger partial charge < -0.3 is 29.5 Å². The number of nitrogens with one attached hydrogen (secondary N) is 3. The van der Waals surface area contributed by atoms with Crippen LogP contribution in [0.15, 0.2) is 53.5 Å². The van der Waals surface area contributed by atoms with Crippen molar-refractivity contribution in [2.45, 2.75) is 58.2 Å². The number of aliphatic hydroxyl groups is 1. The molecule has 1 fully saturated rings. The summed E-state index contributed by atoms with van der Waals surface area (Å²) in [7, 11) is 0. The molecule has 19 nitrogen and oxygen atoms in total. The number of carbonyl (C=O) groups excluding carboxylic acids is 4. The summed E-state index contributed by atoms with van der Waals surface area (Å²) < 4.78 is 15.4. The van der Waals surface area contributed by atoms with Crippen LogP contribution in [0.3, 0.4) is 0 Å². The number of aliphatic imine (C=N–C) groups is 1. The molecular weight excluding hydrogens is 638 g/mol. The van der Waals surface area contributed by atoms with Crippen LogP contribution in [0.4, 0.5) is 25.8 Å². The summed E-state index contributed by atoms with van der Waals surface area (Å²) in [5.41, 5.74) is -0.126. The van der Waals surface area contributed by atoms with Crippen molar-refractivity contribution in [3.8, 4) is 0 Å². The largest absolute Gasteiger partial charge is 0.444 e. The number of hydrogen-bond donors (Lipinski definition) is 4. The molecule has 19 heteroatoms. The zero-order chi connectivity index (χ0) is 35.4. The third-order valence-corrected chi connectivity index (χ3v) is 6.25. The number of nitrogens with zero attached hydrogens (tertiary/aromatic N) is 4. The van der Waals surface area contributed by atoms with E-state index in [9.17, 15) is 44.5 Å². The number of hydrogen-bond acceptors (Lipinski definition) is 13. The number of nitro benzene ring substituents is 2. The zero-order valence-electron chi connectivity index (χ0n) is 26.2. The summed E-state index contributed by atoms with van der Waals surface area (Å²) in [6.07, 6.45) is -4.43. The first-order valence-electron chi connectivity index (χ1n) is 14.4. The first-order chi connectivity index (χ1) is 22.6. The van der Waals surface area contributed by atoms with E-state index >= 15 is 0 Å². The van der Waals surface area contributed by atoms with Crippen molar-refractivity contribution in [1.82, 2.24) is 20.9 Å². The van der Waals surface area contributed by atoms with Gasteiger partial charge in [-0.15, -0.1) is 0 Å². The standard InChI is InChI=1S/C29H35N7O12/c1-29(2,3)48-28(41)34-14-20(15-34)31-24(38)12-23(37)13-30-25(32-26(39)46-16-18-4-8-21(9-5-18)35(42)43)33-27(40)47-17-19-6-10-22(11-7-19)36(44)45/h4-11,20,23,37H,12-17H2,1-3H3,(H,31,38)(H2,30,32,33,39,40). The Balaban J connectivity index is 1.54. The molecule has 4 amide bonds. The van der Waals surface area contributed by atoms with Gasteiger partial charge in [0.2, 0.25) is 11.9 Å². The van der Waals surface area contributed by atoms with Gasteiger partial charge in [-0.05, 0) is 56.2 Å². The second-order valence-corrected chi connectivity index (χ2v) is 11.4. The normalized spacial score (nSPS) is 13.2. The average molecular weight is 674 g/mol. The number of benzene rings is 2.